The maximum Gasteiger partial charge on any atom is 0.225 e. The molecular formula is C11H15N3O3S. The van der Waals surface area contributed by atoms with Crippen LogP contribution in [0.5, 0.6) is 0 Å². The van der Waals surface area contributed by atoms with Crippen molar-refractivity contribution in [2.45, 2.75) is 12.5 Å². The lowest BCUT2D eigenvalue weighted by Crippen LogP contribution is -2.46. The number of sulfone groups is 1. The molecule has 1 atom stereocenters. The zero-order valence-corrected chi connectivity index (χ0v) is 10.6. The third-order valence-electron chi connectivity index (χ3n) is 2.70. The molecular weight excluding hydrogens is 254 g/mol. The van der Waals surface area contributed by atoms with E-state index in [0.29, 0.717) is 12.2 Å². The summed E-state index contributed by atoms with van der Waals surface area (Å²) in [6, 6.07) is 3.07. The minimum Gasteiger partial charge on any atom is -0.326 e. The molecule has 1 aliphatic heterocycles. The van der Waals surface area contributed by atoms with Crippen LogP contribution in [-0.4, -0.2) is 43.4 Å². The number of nitrogens with one attached hydrogen (secondary N) is 2. The Morgan fingerprint density at radius 1 is 1.44 bits per heavy atom. The van der Waals surface area contributed by atoms with Crippen LogP contribution in [0.4, 0.5) is 5.69 Å². The van der Waals surface area contributed by atoms with Gasteiger partial charge < -0.3 is 10.6 Å². The highest BCUT2D eigenvalue weighted by atomic mass is 32.2. The van der Waals surface area contributed by atoms with Gasteiger partial charge in [-0.2, -0.15) is 0 Å². The normalized spacial score (nSPS) is 22.3. The van der Waals surface area contributed by atoms with Crippen molar-refractivity contribution in [3.05, 3.63) is 24.5 Å². The number of rotatable bonds is 3. The molecule has 1 aromatic rings. The second kappa shape index (κ2) is 5.45. The Labute approximate surface area is 106 Å². The van der Waals surface area contributed by atoms with E-state index in [4.69, 9.17) is 0 Å². The van der Waals surface area contributed by atoms with Crippen LogP contribution in [0, 0.1) is 0 Å². The summed E-state index contributed by atoms with van der Waals surface area (Å²) in [6.45, 7) is 0.412. The van der Waals surface area contributed by atoms with Crippen molar-refractivity contribution < 1.29 is 13.2 Å². The largest absolute Gasteiger partial charge is 0.326 e. The number of carbonyl (C=O) groups is 1. The van der Waals surface area contributed by atoms with E-state index in [1.165, 1.54) is 0 Å². The van der Waals surface area contributed by atoms with Gasteiger partial charge in [-0.3, -0.25) is 9.78 Å². The van der Waals surface area contributed by atoms with Crippen molar-refractivity contribution in [2.24, 2.45) is 0 Å². The fraction of sp³-hybridized carbons (Fsp3) is 0.455. The molecule has 7 heteroatoms. The Kier molecular flexibility index (Phi) is 3.93. The van der Waals surface area contributed by atoms with Gasteiger partial charge in [-0.05, 0) is 12.1 Å². The second-order valence-corrected chi connectivity index (χ2v) is 6.48. The van der Waals surface area contributed by atoms with Gasteiger partial charge in [0.25, 0.3) is 0 Å². The van der Waals surface area contributed by atoms with Crippen molar-refractivity contribution in [1.29, 1.82) is 0 Å². The summed E-state index contributed by atoms with van der Waals surface area (Å²) in [5.74, 6) is -0.0255. The predicted molar refractivity (Wildman–Crippen MR) is 67.9 cm³/mol. The van der Waals surface area contributed by atoms with E-state index in [1.54, 1.807) is 24.5 Å². The fourth-order valence-corrected chi connectivity index (χ4v) is 3.31. The molecule has 1 saturated heterocycles. The first-order valence-corrected chi connectivity index (χ1v) is 7.51. The highest BCUT2D eigenvalue weighted by Crippen LogP contribution is 2.08. The molecule has 1 fully saturated rings. The molecule has 0 saturated carbocycles. The van der Waals surface area contributed by atoms with E-state index in [0.717, 1.165) is 0 Å². The first-order chi connectivity index (χ1) is 8.55. The van der Waals surface area contributed by atoms with Crippen LogP contribution in [0.1, 0.15) is 6.42 Å². The van der Waals surface area contributed by atoms with Crippen LogP contribution in [-0.2, 0) is 14.6 Å². The maximum atomic E-state index is 11.7. The average Bonchev–Trinajstić information content (AvgIpc) is 2.28. The van der Waals surface area contributed by atoms with E-state index in [1.807, 2.05) is 0 Å². The third kappa shape index (κ3) is 3.78. The first kappa shape index (κ1) is 13.0. The molecule has 0 aromatic carbocycles. The minimum absolute atomic E-state index is 0.0246. The Bertz CT molecular complexity index is 516. The van der Waals surface area contributed by atoms with Gasteiger partial charge in [-0.25, -0.2) is 8.42 Å². The van der Waals surface area contributed by atoms with Gasteiger partial charge in [-0.15, -0.1) is 0 Å². The Balaban J connectivity index is 1.88. The lowest BCUT2D eigenvalue weighted by atomic mass is 10.2. The minimum atomic E-state index is -3.00. The van der Waals surface area contributed by atoms with Crippen LogP contribution >= 0.6 is 0 Å². The maximum absolute atomic E-state index is 11.7. The fourth-order valence-electron chi connectivity index (χ4n) is 1.87. The van der Waals surface area contributed by atoms with Crippen molar-refractivity contribution in [3.8, 4) is 0 Å². The number of aromatic nitrogens is 1. The summed E-state index contributed by atoms with van der Waals surface area (Å²) in [6.07, 6.45) is 3.32. The molecule has 0 bridgehead atoms. The molecule has 1 amide bonds. The third-order valence-corrected chi connectivity index (χ3v) is 4.43. The van der Waals surface area contributed by atoms with Crippen molar-refractivity contribution in [2.75, 3.05) is 23.4 Å². The molecule has 1 unspecified atom stereocenters. The van der Waals surface area contributed by atoms with Crippen LogP contribution in [0.3, 0.4) is 0 Å². The van der Waals surface area contributed by atoms with Gasteiger partial charge in [0, 0.05) is 37.1 Å². The summed E-state index contributed by atoms with van der Waals surface area (Å²) in [4.78, 5) is 15.6. The molecule has 98 valence electrons. The van der Waals surface area contributed by atoms with Gasteiger partial charge in [-0.1, -0.05) is 0 Å². The van der Waals surface area contributed by atoms with Gasteiger partial charge in [0.05, 0.1) is 11.5 Å². The van der Waals surface area contributed by atoms with Crippen molar-refractivity contribution >= 4 is 21.4 Å². The van der Waals surface area contributed by atoms with E-state index in [9.17, 15) is 13.2 Å². The van der Waals surface area contributed by atoms with Crippen LogP contribution in [0.15, 0.2) is 24.5 Å². The Hall–Kier alpha value is -1.47. The lowest BCUT2D eigenvalue weighted by molar-refractivity contribution is -0.116. The summed E-state index contributed by atoms with van der Waals surface area (Å²) in [5.41, 5.74) is 0.661. The zero-order valence-electron chi connectivity index (χ0n) is 9.80. The highest BCUT2D eigenvalue weighted by Gasteiger charge is 2.25. The molecule has 2 rings (SSSR count). The highest BCUT2D eigenvalue weighted by molar-refractivity contribution is 7.91. The number of hydrogen-bond acceptors (Lipinski definition) is 5. The topological polar surface area (TPSA) is 88.2 Å². The van der Waals surface area contributed by atoms with E-state index in [-0.39, 0.29) is 29.9 Å². The molecule has 1 aromatic heterocycles. The number of amides is 1. The van der Waals surface area contributed by atoms with Gasteiger partial charge >= 0.3 is 0 Å². The molecule has 18 heavy (non-hydrogen) atoms. The SMILES string of the molecule is O=C(CC1CS(=O)(=O)CCN1)Nc1ccncc1. The summed E-state index contributed by atoms with van der Waals surface area (Å²) < 4.78 is 22.8. The second-order valence-electron chi connectivity index (χ2n) is 4.25. The smallest absolute Gasteiger partial charge is 0.225 e. The number of hydrogen-bond donors (Lipinski definition) is 2. The monoisotopic (exact) mass is 269 g/mol. The van der Waals surface area contributed by atoms with Crippen LogP contribution in [0.2, 0.25) is 0 Å². The number of anilines is 1. The van der Waals surface area contributed by atoms with E-state index < -0.39 is 9.84 Å². The van der Waals surface area contributed by atoms with Crippen molar-refractivity contribution in [3.63, 3.8) is 0 Å². The summed E-state index contributed by atoms with van der Waals surface area (Å²) >= 11 is 0. The molecule has 0 aliphatic carbocycles. The van der Waals surface area contributed by atoms with Gasteiger partial charge in [0.15, 0.2) is 9.84 Å². The molecule has 1 aliphatic rings. The van der Waals surface area contributed by atoms with Crippen LogP contribution in [0.25, 0.3) is 0 Å². The number of nitrogens with zero attached hydrogens (tertiary/aromatic N) is 1. The number of pyridine rings is 1. The Morgan fingerprint density at radius 2 is 2.17 bits per heavy atom. The first-order valence-electron chi connectivity index (χ1n) is 5.69. The van der Waals surface area contributed by atoms with Gasteiger partial charge in [0.2, 0.25) is 5.91 Å². The summed E-state index contributed by atoms with van der Waals surface area (Å²) in [5, 5.41) is 5.74. The zero-order chi connectivity index (χ0) is 13.0. The molecule has 2 N–H and O–H groups in total. The Morgan fingerprint density at radius 3 is 2.83 bits per heavy atom. The number of carbonyl (C=O) groups excluding carboxylic acids is 1. The molecule has 0 spiro atoms. The summed E-state index contributed by atoms with van der Waals surface area (Å²) in [7, 11) is -3.00. The molecule has 0 radical (unpaired) electrons. The predicted octanol–water partition coefficient (Wildman–Crippen LogP) is -0.203. The standard InChI is InChI=1S/C11H15N3O3S/c15-11(14-9-1-3-12-4-2-9)7-10-8-18(16,17)6-5-13-10/h1-4,10,13H,5-8H2,(H,12,14,15). The van der Waals surface area contributed by atoms with E-state index >= 15 is 0 Å². The average molecular weight is 269 g/mol. The lowest BCUT2D eigenvalue weighted by Gasteiger charge is -2.23. The molecule has 6 nitrogen and oxygen atoms in total. The van der Waals surface area contributed by atoms with Crippen molar-refractivity contribution in [1.82, 2.24) is 10.3 Å². The quantitative estimate of drug-likeness (QED) is 0.793. The van der Waals surface area contributed by atoms with Crippen LogP contribution < -0.4 is 10.6 Å². The van der Waals surface area contributed by atoms with E-state index in [2.05, 4.69) is 15.6 Å². The molecule has 2 heterocycles. The van der Waals surface area contributed by atoms with Gasteiger partial charge in [0.1, 0.15) is 0 Å².